The van der Waals surface area contributed by atoms with E-state index in [0.29, 0.717) is 6.42 Å². The van der Waals surface area contributed by atoms with E-state index in [-0.39, 0.29) is 11.8 Å². The number of hydrogen-bond acceptors (Lipinski definition) is 3. The standard InChI is InChI=1S/C15H23NO2/c1-9-7-10(2)14(15(18-6)12(9)4)13(16-5)8-11(3)17/h7,13,16H,8H2,1-6H3. The number of carbonyl (C=O) groups excluding carboxylic acids is 1. The average molecular weight is 249 g/mol. The van der Waals surface area contributed by atoms with Crippen LogP contribution in [0.1, 0.15) is 41.6 Å². The number of nitrogens with one attached hydrogen (secondary N) is 1. The van der Waals surface area contributed by atoms with E-state index >= 15 is 0 Å². The van der Waals surface area contributed by atoms with Crippen molar-refractivity contribution >= 4 is 5.78 Å². The molecule has 100 valence electrons. The fraction of sp³-hybridized carbons (Fsp3) is 0.533. The molecule has 18 heavy (non-hydrogen) atoms. The van der Waals surface area contributed by atoms with Crippen LogP contribution in [0.3, 0.4) is 0 Å². The predicted octanol–water partition coefficient (Wildman–Crippen LogP) is 2.86. The minimum atomic E-state index is 0.0109. The molecule has 1 unspecified atom stereocenters. The van der Waals surface area contributed by atoms with Crippen molar-refractivity contribution in [2.24, 2.45) is 0 Å². The molecule has 0 aliphatic heterocycles. The summed E-state index contributed by atoms with van der Waals surface area (Å²) in [5, 5.41) is 3.21. The number of aryl methyl sites for hydroxylation is 2. The smallest absolute Gasteiger partial charge is 0.131 e. The fourth-order valence-electron chi connectivity index (χ4n) is 2.40. The SMILES string of the molecule is CNC(CC(C)=O)c1c(C)cc(C)c(C)c1OC. The van der Waals surface area contributed by atoms with Gasteiger partial charge in [0.25, 0.3) is 0 Å². The lowest BCUT2D eigenvalue weighted by Crippen LogP contribution is -2.21. The molecule has 0 saturated heterocycles. The first-order valence-corrected chi connectivity index (χ1v) is 6.23. The number of ketones is 1. The van der Waals surface area contributed by atoms with Crippen LogP contribution in [-0.4, -0.2) is 19.9 Å². The second-order valence-electron chi connectivity index (χ2n) is 4.83. The van der Waals surface area contributed by atoms with Crippen molar-refractivity contribution in [2.75, 3.05) is 14.2 Å². The summed E-state index contributed by atoms with van der Waals surface area (Å²) in [6, 6.07) is 2.16. The zero-order valence-corrected chi connectivity index (χ0v) is 12.2. The molecule has 0 fully saturated rings. The van der Waals surface area contributed by atoms with E-state index in [0.717, 1.165) is 22.4 Å². The van der Waals surface area contributed by atoms with E-state index in [1.807, 2.05) is 7.05 Å². The summed E-state index contributed by atoms with van der Waals surface area (Å²) in [4.78, 5) is 11.4. The molecule has 0 aliphatic carbocycles. The normalized spacial score (nSPS) is 12.3. The second kappa shape index (κ2) is 6.01. The Labute approximate surface area is 110 Å². The van der Waals surface area contributed by atoms with Gasteiger partial charge in [-0.1, -0.05) is 6.07 Å². The van der Waals surface area contributed by atoms with Crippen LogP contribution in [0.15, 0.2) is 6.07 Å². The van der Waals surface area contributed by atoms with Crippen LogP contribution in [0, 0.1) is 20.8 Å². The molecule has 1 rings (SSSR count). The fourth-order valence-corrected chi connectivity index (χ4v) is 2.40. The van der Waals surface area contributed by atoms with Crippen LogP contribution in [0.2, 0.25) is 0 Å². The molecule has 0 saturated carbocycles. The Hall–Kier alpha value is -1.35. The van der Waals surface area contributed by atoms with E-state index in [4.69, 9.17) is 4.74 Å². The number of methoxy groups -OCH3 is 1. The Bertz CT molecular complexity index is 452. The van der Waals surface area contributed by atoms with Crippen LogP contribution in [-0.2, 0) is 4.79 Å². The zero-order chi connectivity index (χ0) is 13.9. The van der Waals surface area contributed by atoms with Crippen molar-refractivity contribution in [2.45, 2.75) is 40.2 Å². The summed E-state index contributed by atoms with van der Waals surface area (Å²) >= 11 is 0. The maximum Gasteiger partial charge on any atom is 0.131 e. The monoisotopic (exact) mass is 249 g/mol. The van der Waals surface area contributed by atoms with Crippen molar-refractivity contribution in [3.05, 3.63) is 28.3 Å². The second-order valence-corrected chi connectivity index (χ2v) is 4.83. The van der Waals surface area contributed by atoms with Gasteiger partial charge in [-0.15, -0.1) is 0 Å². The topological polar surface area (TPSA) is 38.3 Å². The Morgan fingerprint density at radius 1 is 1.33 bits per heavy atom. The lowest BCUT2D eigenvalue weighted by Gasteiger charge is -2.23. The summed E-state index contributed by atoms with van der Waals surface area (Å²) in [6.07, 6.45) is 0.482. The number of Topliss-reactive ketones (excluding diaryl/α,β-unsaturated/α-hetero) is 1. The molecule has 3 heteroatoms. The Kier molecular flexibility index (Phi) is 4.91. The van der Waals surface area contributed by atoms with Crippen molar-refractivity contribution in [1.82, 2.24) is 5.32 Å². The third-order valence-electron chi connectivity index (χ3n) is 3.43. The Balaban J connectivity index is 3.36. The van der Waals surface area contributed by atoms with Crippen molar-refractivity contribution in [1.29, 1.82) is 0 Å². The number of hydrogen-bond donors (Lipinski definition) is 1. The van der Waals surface area contributed by atoms with Gasteiger partial charge in [-0.3, -0.25) is 4.79 Å². The first-order chi connectivity index (χ1) is 8.42. The van der Waals surface area contributed by atoms with Gasteiger partial charge >= 0.3 is 0 Å². The molecule has 0 radical (unpaired) electrons. The number of benzene rings is 1. The summed E-state index contributed by atoms with van der Waals surface area (Å²) in [6.45, 7) is 7.81. The molecule has 0 heterocycles. The summed E-state index contributed by atoms with van der Waals surface area (Å²) in [5.74, 6) is 1.07. The molecule has 1 aromatic rings. The van der Waals surface area contributed by atoms with Gasteiger partial charge in [-0.05, 0) is 51.4 Å². The van der Waals surface area contributed by atoms with Crippen molar-refractivity contribution < 1.29 is 9.53 Å². The summed E-state index contributed by atoms with van der Waals surface area (Å²) in [5.41, 5.74) is 4.61. The van der Waals surface area contributed by atoms with Crippen LogP contribution in [0.5, 0.6) is 5.75 Å². The van der Waals surface area contributed by atoms with Crippen molar-refractivity contribution in [3.8, 4) is 5.75 Å². The number of rotatable bonds is 5. The molecule has 1 N–H and O–H groups in total. The van der Waals surface area contributed by atoms with Crippen molar-refractivity contribution in [3.63, 3.8) is 0 Å². The van der Waals surface area contributed by atoms with Gasteiger partial charge in [0, 0.05) is 18.0 Å². The molecular weight excluding hydrogens is 226 g/mol. The quantitative estimate of drug-likeness (QED) is 0.872. The largest absolute Gasteiger partial charge is 0.496 e. The van der Waals surface area contributed by atoms with Gasteiger partial charge in [0.05, 0.1) is 7.11 Å². The molecule has 1 aromatic carbocycles. The highest BCUT2D eigenvalue weighted by molar-refractivity contribution is 5.76. The third-order valence-corrected chi connectivity index (χ3v) is 3.43. The molecule has 1 atom stereocenters. The zero-order valence-electron chi connectivity index (χ0n) is 12.2. The van der Waals surface area contributed by atoms with Gasteiger partial charge in [0.2, 0.25) is 0 Å². The summed E-state index contributed by atoms with van der Waals surface area (Å²) < 4.78 is 5.55. The van der Waals surface area contributed by atoms with E-state index in [1.165, 1.54) is 5.56 Å². The Morgan fingerprint density at radius 2 is 1.94 bits per heavy atom. The van der Waals surface area contributed by atoms with Gasteiger partial charge in [-0.2, -0.15) is 0 Å². The maximum atomic E-state index is 11.4. The van der Waals surface area contributed by atoms with Crippen LogP contribution < -0.4 is 10.1 Å². The molecule has 0 amide bonds. The lowest BCUT2D eigenvalue weighted by molar-refractivity contribution is -0.117. The van der Waals surface area contributed by atoms with E-state index in [9.17, 15) is 4.79 Å². The van der Waals surface area contributed by atoms with Crippen LogP contribution in [0.25, 0.3) is 0 Å². The van der Waals surface area contributed by atoms with Gasteiger partial charge in [-0.25, -0.2) is 0 Å². The minimum Gasteiger partial charge on any atom is -0.496 e. The van der Waals surface area contributed by atoms with Gasteiger partial charge in [0.1, 0.15) is 11.5 Å². The minimum absolute atomic E-state index is 0.0109. The molecular formula is C15H23NO2. The molecule has 0 bridgehead atoms. The van der Waals surface area contributed by atoms with Crippen LogP contribution >= 0.6 is 0 Å². The summed E-state index contributed by atoms with van der Waals surface area (Å²) in [7, 11) is 3.56. The number of ether oxygens (including phenoxy) is 1. The first-order valence-electron chi connectivity index (χ1n) is 6.23. The Morgan fingerprint density at radius 3 is 2.39 bits per heavy atom. The third kappa shape index (κ3) is 2.91. The van der Waals surface area contributed by atoms with Gasteiger partial charge in [0.15, 0.2) is 0 Å². The molecule has 0 spiro atoms. The van der Waals surface area contributed by atoms with Gasteiger partial charge < -0.3 is 10.1 Å². The molecule has 3 nitrogen and oxygen atoms in total. The molecule has 0 aliphatic rings. The number of carbonyl (C=O) groups is 1. The highest BCUT2D eigenvalue weighted by atomic mass is 16.5. The predicted molar refractivity (Wildman–Crippen MR) is 74.3 cm³/mol. The maximum absolute atomic E-state index is 11.4. The lowest BCUT2D eigenvalue weighted by atomic mass is 9.92. The van der Waals surface area contributed by atoms with Crippen LogP contribution in [0.4, 0.5) is 0 Å². The van der Waals surface area contributed by atoms with E-state index in [1.54, 1.807) is 14.0 Å². The van der Waals surface area contributed by atoms with E-state index < -0.39 is 0 Å². The highest BCUT2D eigenvalue weighted by Crippen LogP contribution is 2.35. The highest BCUT2D eigenvalue weighted by Gasteiger charge is 2.21. The average Bonchev–Trinajstić information content (AvgIpc) is 2.30. The molecule has 0 aromatic heterocycles. The first kappa shape index (κ1) is 14.7. The van der Waals surface area contributed by atoms with E-state index in [2.05, 4.69) is 32.2 Å².